The SMILES string of the molecule is CCOc1ccc(NS(=O)(=O)NC(=O)N[C@@H](Cc2ccccc2)C(=O)N(C)c2ccc(OC)cc2)cc1. The predicted molar refractivity (Wildman–Crippen MR) is 142 cm³/mol. The summed E-state index contributed by atoms with van der Waals surface area (Å²) in [5, 5.41) is 2.50. The third-order valence-electron chi connectivity index (χ3n) is 5.32. The van der Waals surface area contributed by atoms with Crippen molar-refractivity contribution in [2.75, 3.05) is 30.4 Å². The molecule has 196 valence electrons. The smallest absolute Gasteiger partial charge is 0.330 e. The van der Waals surface area contributed by atoms with Crippen molar-refractivity contribution in [2.24, 2.45) is 0 Å². The highest BCUT2D eigenvalue weighted by molar-refractivity contribution is 7.91. The molecule has 37 heavy (non-hydrogen) atoms. The average Bonchev–Trinajstić information content (AvgIpc) is 2.89. The first kappa shape index (κ1) is 27.3. The lowest BCUT2D eigenvalue weighted by molar-refractivity contribution is -0.120. The van der Waals surface area contributed by atoms with Crippen LogP contribution >= 0.6 is 0 Å². The normalized spacial score (nSPS) is 11.6. The maximum atomic E-state index is 13.4. The zero-order valence-corrected chi connectivity index (χ0v) is 21.6. The van der Waals surface area contributed by atoms with Crippen molar-refractivity contribution < 1.29 is 27.5 Å². The predicted octanol–water partition coefficient (Wildman–Crippen LogP) is 3.32. The quantitative estimate of drug-likeness (QED) is 0.352. The van der Waals surface area contributed by atoms with Crippen molar-refractivity contribution in [3.8, 4) is 11.5 Å². The lowest BCUT2D eigenvalue weighted by atomic mass is 10.0. The lowest BCUT2D eigenvalue weighted by Gasteiger charge is -2.25. The van der Waals surface area contributed by atoms with Crippen LogP contribution in [0.25, 0.3) is 0 Å². The van der Waals surface area contributed by atoms with Crippen LogP contribution in [0.1, 0.15) is 12.5 Å². The minimum Gasteiger partial charge on any atom is -0.497 e. The maximum Gasteiger partial charge on any atom is 0.330 e. The van der Waals surface area contributed by atoms with Gasteiger partial charge in [-0.25, -0.2) is 9.52 Å². The van der Waals surface area contributed by atoms with Crippen molar-refractivity contribution in [1.82, 2.24) is 10.0 Å². The first-order chi connectivity index (χ1) is 17.7. The van der Waals surface area contributed by atoms with Crippen molar-refractivity contribution >= 4 is 33.5 Å². The van der Waals surface area contributed by atoms with Gasteiger partial charge in [0.2, 0.25) is 5.91 Å². The minimum absolute atomic E-state index is 0.153. The zero-order valence-electron chi connectivity index (χ0n) is 20.8. The molecule has 3 aromatic carbocycles. The van der Waals surface area contributed by atoms with Gasteiger partial charge in [0, 0.05) is 19.2 Å². The number of carbonyl (C=O) groups is 2. The zero-order chi connectivity index (χ0) is 26.8. The van der Waals surface area contributed by atoms with Gasteiger partial charge < -0.3 is 19.7 Å². The van der Waals surface area contributed by atoms with E-state index in [1.165, 1.54) is 17.0 Å². The van der Waals surface area contributed by atoms with Gasteiger partial charge in [0.25, 0.3) is 0 Å². The summed E-state index contributed by atoms with van der Waals surface area (Å²) in [6, 6.07) is 20.1. The molecule has 0 aliphatic rings. The van der Waals surface area contributed by atoms with Crippen LogP contribution in [0, 0.1) is 0 Å². The second-order valence-corrected chi connectivity index (χ2v) is 9.39. The Bertz CT molecular complexity index is 1280. The van der Waals surface area contributed by atoms with E-state index in [4.69, 9.17) is 9.47 Å². The van der Waals surface area contributed by atoms with E-state index in [1.54, 1.807) is 50.6 Å². The Hall–Kier alpha value is -4.25. The molecule has 10 nitrogen and oxygen atoms in total. The summed E-state index contributed by atoms with van der Waals surface area (Å²) < 4.78 is 39.7. The molecule has 0 aliphatic heterocycles. The fourth-order valence-corrected chi connectivity index (χ4v) is 4.29. The molecule has 0 bridgehead atoms. The van der Waals surface area contributed by atoms with E-state index in [9.17, 15) is 18.0 Å². The van der Waals surface area contributed by atoms with E-state index < -0.39 is 28.2 Å². The molecule has 0 saturated heterocycles. The molecule has 3 amide bonds. The number of methoxy groups -OCH3 is 1. The number of carbonyl (C=O) groups excluding carboxylic acids is 2. The molecule has 1 atom stereocenters. The molecule has 0 aromatic heterocycles. The number of amides is 3. The number of nitrogens with zero attached hydrogens (tertiary/aromatic N) is 1. The Morgan fingerprint density at radius 2 is 1.54 bits per heavy atom. The summed E-state index contributed by atoms with van der Waals surface area (Å²) >= 11 is 0. The summed E-state index contributed by atoms with van der Waals surface area (Å²) in [6.07, 6.45) is 0.153. The number of hydrogen-bond acceptors (Lipinski definition) is 6. The van der Waals surface area contributed by atoms with E-state index >= 15 is 0 Å². The number of nitrogens with one attached hydrogen (secondary N) is 3. The fourth-order valence-electron chi connectivity index (χ4n) is 3.49. The molecule has 0 saturated carbocycles. The van der Waals surface area contributed by atoms with Gasteiger partial charge in [0.1, 0.15) is 17.5 Å². The Morgan fingerprint density at radius 3 is 2.14 bits per heavy atom. The molecule has 3 rings (SSSR count). The van der Waals surface area contributed by atoms with Crippen LogP contribution < -0.4 is 29.1 Å². The molecule has 11 heteroatoms. The van der Waals surface area contributed by atoms with Crippen molar-refractivity contribution in [3.63, 3.8) is 0 Å². The van der Waals surface area contributed by atoms with Crippen LogP contribution in [0.2, 0.25) is 0 Å². The van der Waals surface area contributed by atoms with E-state index in [1.807, 2.05) is 42.0 Å². The summed E-state index contributed by atoms with van der Waals surface area (Å²) in [6.45, 7) is 2.31. The Labute approximate surface area is 216 Å². The minimum atomic E-state index is -4.27. The van der Waals surface area contributed by atoms with Crippen LogP contribution in [-0.4, -0.2) is 47.2 Å². The molecule has 0 heterocycles. The van der Waals surface area contributed by atoms with Gasteiger partial charge in [-0.15, -0.1) is 0 Å². The van der Waals surface area contributed by atoms with Crippen LogP contribution in [0.5, 0.6) is 11.5 Å². The number of urea groups is 1. The maximum absolute atomic E-state index is 13.4. The summed E-state index contributed by atoms with van der Waals surface area (Å²) in [4.78, 5) is 27.4. The molecule has 3 aromatic rings. The fraction of sp³-hybridized carbons (Fsp3) is 0.231. The molecule has 0 aliphatic carbocycles. The molecule has 0 spiro atoms. The Kier molecular flexibility index (Phi) is 9.33. The van der Waals surface area contributed by atoms with Gasteiger partial charge in [-0.05, 0) is 61.0 Å². The second kappa shape index (κ2) is 12.6. The van der Waals surface area contributed by atoms with Crippen LogP contribution in [0.3, 0.4) is 0 Å². The van der Waals surface area contributed by atoms with Crippen molar-refractivity contribution in [1.29, 1.82) is 0 Å². The summed E-state index contributed by atoms with van der Waals surface area (Å²) in [5.74, 6) is 0.786. The van der Waals surface area contributed by atoms with Gasteiger partial charge in [-0.2, -0.15) is 8.42 Å². The number of anilines is 2. The second-order valence-electron chi connectivity index (χ2n) is 7.98. The molecule has 0 radical (unpaired) electrons. The number of ether oxygens (including phenoxy) is 2. The molecule has 0 unspecified atom stereocenters. The van der Waals surface area contributed by atoms with Gasteiger partial charge >= 0.3 is 16.2 Å². The van der Waals surface area contributed by atoms with Crippen LogP contribution in [0.4, 0.5) is 16.2 Å². The summed E-state index contributed by atoms with van der Waals surface area (Å²) in [7, 11) is -1.16. The third-order valence-corrected chi connectivity index (χ3v) is 6.28. The topological polar surface area (TPSA) is 126 Å². The average molecular weight is 527 g/mol. The van der Waals surface area contributed by atoms with Crippen LogP contribution in [0.15, 0.2) is 78.9 Å². The Morgan fingerprint density at radius 1 is 0.919 bits per heavy atom. The summed E-state index contributed by atoms with van der Waals surface area (Å²) in [5.41, 5.74) is 1.61. The highest BCUT2D eigenvalue weighted by Gasteiger charge is 2.27. The highest BCUT2D eigenvalue weighted by Crippen LogP contribution is 2.20. The van der Waals surface area contributed by atoms with E-state index in [-0.39, 0.29) is 12.1 Å². The van der Waals surface area contributed by atoms with Gasteiger partial charge in [-0.1, -0.05) is 30.3 Å². The number of likely N-dealkylation sites (N-methyl/N-ethyl adjacent to an activating group) is 1. The van der Waals surface area contributed by atoms with Gasteiger partial charge in [-0.3, -0.25) is 9.52 Å². The molecule has 0 fully saturated rings. The number of benzene rings is 3. The van der Waals surface area contributed by atoms with E-state index in [0.717, 1.165) is 5.56 Å². The highest BCUT2D eigenvalue weighted by atomic mass is 32.2. The first-order valence-corrected chi connectivity index (χ1v) is 13.0. The Balaban J connectivity index is 1.72. The molecular weight excluding hydrogens is 496 g/mol. The molecular formula is C26H30N4O6S. The first-order valence-electron chi connectivity index (χ1n) is 11.5. The van der Waals surface area contributed by atoms with Crippen molar-refractivity contribution in [3.05, 3.63) is 84.4 Å². The lowest BCUT2D eigenvalue weighted by Crippen LogP contribution is -2.53. The monoisotopic (exact) mass is 526 g/mol. The van der Waals surface area contributed by atoms with Gasteiger partial charge in [0.05, 0.1) is 19.4 Å². The third kappa shape index (κ3) is 8.14. The number of rotatable bonds is 11. The standard InChI is InChI=1S/C26H30N4O6S/c1-4-36-23-14-10-20(11-15-23)28-37(33,34)29-26(32)27-24(18-19-8-6-5-7-9-19)25(31)30(2)21-12-16-22(35-3)17-13-21/h5-17,24,28H,4,18H2,1-3H3,(H2,27,29,32)/t24-/m0/s1. The number of hydrogen-bond donors (Lipinski definition) is 3. The van der Waals surface area contributed by atoms with Gasteiger partial charge in [0.15, 0.2) is 0 Å². The van der Waals surface area contributed by atoms with E-state index in [0.29, 0.717) is 23.8 Å². The largest absolute Gasteiger partial charge is 0.497 e. The van der Waals surface area contributed by atoms with E-state index in [2.05, 4.69) is 10.0 Å². The van der Waals surface area contributed by atoms with Crippen LogP contribution in [-0.2, 0) is 21.4 Å². The molecule has 3 N–H and O–H groups in total. The van der Waals surface area contributed by atoms with Crippen molar-refractivity contribution in [2.45, 2.75) is 19.4 Å².